The Morgan fingerprint density at radius 2 is 1.88 bits per heavy atom. The van der Waals surface area contributed by atoms with Gasteiger partial charge in [-0.1, -0.05) is 12.1 Å². The van der Waals surface area contributed by atoms with E-state index >= 15 is 0 Å². The molecule has 4 unspecified atom stereocenters. The van der Waals surface area contributed by atoms with Gasteiger partial charge < -0.3 is 14.2 Å². The second-order valence-electron chi connectivity index (χ2n) is 11.9. The van der Waals surface area contributed by atoms with Crippen LogP contribution in [0.25, 0.3) is 10.8 Å². The highest BCUT2D eigenvalue weighted by atomic mass is 32.2. The smallest absolute Gasteiger partial charge is 0.411 e. The molecule has 1 aliphatic heterocycles. The maximum absolute atomic E-state index is 14.1. The van der Waals surface area contributed by atoms with Crippen molar-refractivity contribution in [1.29, 1.82) is 0 Å². The maximum Gasteiger partial charge on any atom is 0.411 e. The van der Waals surface area contributed by atoms with Gasteiger partial charge in [0.05, 0.1) is 18.9 Å². The van der Waals surface area contributed by atoms with Crippen LogP contribution in [-0.4, -0.2) is 83.9 Å². The summed E-state index contributed by atoms with van der Waals surface area (Å²) in [6.45, 7) is 8.87. The number of imide groups is 1. The van der Waals surface area contributed by atoms with Crippen molar-refractivity contribution in [3.05, 3.63) is 43.1 Å². The monoisotopic (exact) mass is 600 g/mol. The zero-order valence-electron chi connectivity index (χ0n) is 24.1. The molecule has 1 aromatic carbocycles. The first-order valence-electron chi connectivity index (χ1n) is 13.9. The minimum atomic E-state index is -3.92. The van der Waals surface area contributed by atoms with Gasteiger partial charge in [-0.3, -0.25) is 14.6 Å². The molecule has 1 saturated heterocycles. The van der Waals surface area contributed by atoms with E-state index in [0.717, 1.165) is 10.3 Å². The predicted octanol–water partition coefficient (Wildman–Crippen LogP) is 3.61. The lowest BCUT2D eigenvalue weighted by Crippen LogP contribution is -2.55. The van der Waals surface area contributed by atoms with Crippen molar-refractivity contribution in [1.82, 2.24) is 19.5 Å². The molecule has 5 rings (SSSR count). The van der Waals surface area contributed by atoms with Crippen molar-refractivity contribution in [2.75, 3.05) is 13.7 Å². The van der Waals surface area contributed by atoms with Gasteiger partial charge in [0.25, 0.3) is 5.91 Å². The third kappa shape index (κ3) is 6.15. The van der Waals surface area contributed by atoms with Gasteiger partial charge in [0.2, 0.25) is 15.9 Å². The first-order valence-corrected chi connectivity index (χ1v) is 15.5. The van der Waals surface area contributed by atoms with Crippen LogP contribution in [0, 0.1) is 5.92 Å². The van der Waals surface area contributed by atoms with E-state index in [4.69, 9.17) is 14.2 Å². The van der Waals surface area contributed by atoms with Crippen molar-refractivity contribution in [2.45, 2.75) is 75.5 Å². The van der Waals surface area contributed by atoms with Crippen LogP contribution in [0.15, 0.2) is 43.1 Å². The number of fused-ring (bicyclic) bond motifs is 1. The largest absolute Gasteiger partial charge is 0.496 e. The van der Waals surface area contributed by atoms with E-state index in [0.29, 0.717) is 36.3 Å². The molecule has 13 heteroatoms. The summed E-state index contributed by atoms with van der Waals surface area (Å²) >= 11 is 0. The molecule has 226 valence electrons. The molecule has 12 nitrogen and oxygen atoms in total. The lowest BCUT2D eigenvalue weighted by Gasteiger charge is -2.30. The number of nitrogens with one attached hydrogen (secondary N) is 1. The Morgan fingerprint density at radius 3 is 2.50 bits per heavy atom. The summed E-state index contributed by atoms with van der Waals surface area (Å²) in [5, 5.41) is 0.819. The molecule has 4 atom stereocenters. The van der Waals surface area contributed by atoms with Gasteiger partial charge in [-0.25, -0.2) is 27.7 Å². The number of urea groups is 1. The minimum absolute atomic E-state index is 0.0151. The molecule has 4 amide bonds. The number of amides is 4. The van der Waals surface area contributed by atoms with Crippen LogP contribution >= 0.6 is 0 Å². The number of methoxy groups -OCH3 is 1. The second kappa shape index (κ2) is 11.1. The van der Waals surface area contributed by atoms with Crippen LogP contribution in [0.2, 0.25) is 0 Å². The lowest BCUT2D eigenvalue weighted by molar-refractivity contribution is -0.133. The summed E-state index contributed by atoms with van der Waals surface area (Å²) in [4.78, 5) is 47.3. The van der Waals surface area contributed by atoms with Crippen molar-refractivity contribution < 1.29 is 37.0 Å². The highest BCUT2D eigenvalue weighted by Crippen LogP contribution is 2.39. The van der Waals surface area contributed by atoms with Gasteiger partial charge in [-0.2, -0.15) is 0 Å². The Hall–Kier alpha value is -3.87. The summed E-state index contributed by atoms with van der Waals surface area (Å²) in [7, 11) is -2.35. The molecule has 42 heavy (non-hydrogen) atoms. The summed E-state index contributed by atoms with van der Waals surface area (Å²) in [5.41, 5.74) is -0.850. The van der Waals surface area contributed by atoms with Crippen LogP contribution in [0.4, 0.5) is 9.59 Å². The standard InChI is InChI=1S/C29H36N4O8S/c1-6-17-14-22(17)33(27(35)31-42(37,38)19-10-11-19)26(34)23-15-18(16-32(23)28(36)41-29(2,3)4)40-25-21-8-7-9-24(39-5)20(21)12-13-30-25/h6-9,12-13,17-19,22-23H,1,10-11,14-16H2,2-5H3,(H,31,35). The summed E-state index contributed by atoms with van der Waals surface area (Å²) in [5.74, 6) is 0.0465. The Labute approximate surface area is 245 Å². The molecule has 1 aromatic heterocycles. The van der Waals surface area contributed by atoms with Crippen LogP contribution in [0.3, 0.4) is 0 Å². The molecule has 3 fully saturated rings. The number of sulfonamides is 1. The number of ether oxygens (including phenoxy) is 3. The SMILES string of the molecule is C=CC1CC1N(C(=O)NS(=O)(=O)C1CC1)C(=O)C1CC(Oc2nccc3c(OC)cccc23)CN1C(=O)OC(C)(C)C. The van der Waals surface area contributed by atoms with E-state index in [2.05, 4.69) is 16.3 Å². The number of benzene rings is 1. The number of likely N-dealkylation sites (tertiary alicyclic amines) is 1. The molecule has 2 aromatic rings. The van der Waals surface area contributed by atoms with Gasteiger partial charge in [0.1, 0.15) is 23.5 Å². The Balaban J connectivity index is 1.44. The quantitative estimate of drug-likeness (QED) is 0.449. The molecule has 0 spiro atoms. The average molecular weight is 601 g/mol. The number of hydrogen-bond donors (Lipinski definition) is 1. The summed E-state index contributed by atoms with van der Waals surface area (Å²) in [6.07, 6.45) is 3.18. The fraction of sp³-hybridized carbons (Fsp3) is 0.517. The Bertz CT molecular complexity index is 1520. The predicted molar refractivity (Wildman–Crippen MR) is 153 cm³/mol. The molecule has 0 bridgehead atoms. The highest BCUT2D eigenvalue weighted by molar-refractivity contribution is 7.90. The van der Waals surface area contributed by atoms with Crippen molar-refractivity contribution >= 4 is 38.8 Å². The zero-order valence-corrected chi connectivity index (χ0v) is 24.9. The number of hydrogen-bond acceptors (Lipinski definition) is 9. The maximum atomic E-state index is 14.1. The first-order chi connectivity index (χ1) is 19.8. The fourth-order valence-electron chi connectivity index (χ4n) is 5.18. The molecule has 2 aliphatic carbocycles. The van der Waals surface area contributed by atoms with E-state index in [1.807, 2.05) is 18.2 Å². The average Bonchev–Trinajstić information content (AvgIpc) is 3.85. The van der Waals surface area contributed by atoms with Gasteiger partial charge in [-0.05, 0) is 64.2 Å². The first kappa shape index (κ1) is 29.6. The van der Waals surface area contributed by atoms with Crippen LogP contribution < -0.4 is 14.2 Å². The number of carbonyl (C=O) groups excluding carboxylic acids is 3. The molecule has 1 N–H and O–H groups in total. The van der Waals surface area contributed by atoms with E-state index in [1.54, 1.807) is 46.2 Å². The number of carbonyl (C=O) groups is 3. The number of pyridine rings is 1. The Morgan fingerprint density at radius 1 is 1.14 bits per heavy atom. The normalized spacial score (nSPS) is 23.7. The van der Waals surface area contributed by atoms with Crippen LogP contribution in [0.1, 0.15) is 46.5 Å². The van der Waals surface area contributed by atoms with Crippen molar-refractivity contribution in [2.24, 2.45) is 5.92 Å². The molecule has 0 radical (unpaired) electrons. The van der Waals surface area contributed by atoms with E-state index in [9.17, 15) is 22.8 Å². The third-order valence-corrected chi connectivity index (χ3v) is 9.30. The summed E-state index contributed by atoms with van der Waals surface area (Å²) < 4.78 is 44.5. The van der Waals surface area contributed by atoms with Crippen LogP contribution in [0.5, 0.6) is 11.6 Å². The molecule has 2 saturated carbocycles. The number of aromatic nitrogens is 1. The summed E-state index contributed by atoms with van der Waals surface area (Å²) in [6, 6.07) is 4.51. The fourth-order valence-corrected chi connectivity index (χ4v) is 6.44. The van der Waals surface area contributed by atoms with E-state index < -0.39 is 57.1 Å². The Kier molecular flexibility index (Phi) is 7.82. The van der Waals surface area contributed by atoms with Crippen molar-refractivity contribution in [3.8, 4) is 11.6 Å². The minimum Gasteiger partial charge on any atom is -0.496 e. The zero-order chi connectivity index (χ0) is 30.4. The van der Waals surface area contributed by atoms with Gasteiger partial charge >= 0.3 is 12.1 Å². The van der Waals surface area contributed by atoms with Gasteiger partial charge in [0.15, 0.2) is 0 Å². The molecule has 3 aliphatic rings. The van der Waals surface area contributed by atoms with E-state index in [1.165, 1.54) is 4.90 Å². The topological polar surface area (TPSA) is 144 Å². The van der Waals surface area contributed by atoms with Crippen LogP contribution in [-0.2, 0) is 19.6 Å². The van der Waals surface area contributed by atoms with E-state index in [-0.39, 0.29) is 18.9 Å². The highest BCUT2D eigenvalue weighted by Gasteiger charge is 2.52. The molecular formula is C29H36N4O8S. The van der Waals surface area contributed by atoms with Crippen molar-refractivity contribution in [3.63, 3.8) is 0 Å². The lowest BCUT2D eigenvalue weighted by atomic mass is 10.1. The van der Waals surface area contributed by atoms with Gasteiger partial charge in [-0.15, -0.1) is 6.58 Å². The van der Waals surface area contributed by atoms with Gasteiger partial charge in [0, 0.05) is 29.4 Å². The number of rotatable bonds is 8. The molecule has 2 heterocycles. The molecular weight excluding hydrogens is 564 g/mol. The number of nitrogens with zero attached hydrogens (tertiary/aromatic N) is 3. The second-order valence-corrected chi connectivity index (χ2v) is 13.8. The third-order valence-electron chi connectivity index (χ3n) is 7.49.